The van der Waals surface area contributed by atoms with Crippen LogP contribution < -0.4 is 5.32 Å². The van der Waals surface area contributed by atoms with Crippen LogP contribution in [0.15, 0.2) is 18.5 Å². The Morgan fingerprint density at radius 1 is 1.46 bits per heavy atom. The van der Waals surface area contributed by atoms with Crippen LogP contribution in [0.5, 0.6) is 0 Å². The van der Waals surface area contributed by atoms with Crippen LogP contribution in [-0.2, 0) is 18.0 Å². The predicted octanol–water partition coefficient (Wildman–Crippen LogP) is 1.59. The van der Waals surface area contributed by atoms with E-state index in [-0.39, 0.29) is 0 Å². The molecule has 13 heavy (non-hydrogen) atoms. The Morgan fingerprint density at radius 2 is 2.31 bits per heavy atom. The maximum Gasteiger partial charge on any atom is 0.122 e. The number of hydrogen-bond donors (Lipinski definition) is 1. The Kier molecular flexibility index (Phi) is 4.57. The van der Waals surface area contributed by atoms with Crippen LogP contribution in [0.1, 0.15) is 19.4 Å². The molecule has 0 aliphatic carbocycles. The molecule has 74 valence electrons. The largest absolute Gasteiger partial charge is 0.361 e. The topological polar surface area (TPSA) is 26.2 Å². The molecule has 3 nitrogen and oxygen atoms in total. The fourth-order valence-electron chi connectivity index (χ4n) is 1.14. The van der Waals surface area contributed by atoms with E-state index in [1.165, 1.54) is 5.56 Å². The summed E-state index contributed by atoms with van der Waals surface area (Å²) in [7, 11) is 0. The molecule has 0 spiro atoms. The van der Waals surface area contributed by atoms with Gasteiger partial charge >= 0.3 is 0 Å². The lowest BCUT2D eigenvalue weighted by Gasteiger charge is -2.01. The summed E-state index contributed by atoms with van der Waals surface area (Å²) in [6.07, 6.45) is 4.15. The molecule has 1 N–H and O–H groups in total. The molecule has 1 rings (SSSR count). The van der Waals surface area contributed by atoms with Crippen molar-refractivity contribution in [3.8, 4) is 0 Å². The summed E-state index contributed by atoms with van der Waals surface area (Å²) in [5.41, 5.74) is 1.31. The van der Waals surface area contributed by atoms with Crippen LogP contribution in [0.2, 0.25) is 0 Å². The van der Waals surface area contributed by atoms with Crippen LogP contribution in [0.25, 0.3) is 0 Å². The van der Waals surface area contributed by atoms with E-state index in [1.54, 1.807) is 0 Å². The van der Waals surface area contributed by atoms with Crippen molar-refractivity contribution < 1.29 is 4.74 Å². The highest BCUT2D eigenvalue weighted by atomic mass is 16.5. The first-order valence-electron chi connectivity index (χ1n) is 4.80. The zero-order chi connectivity index (χ0) is 9.52. The summed E-state index contributed by atoms with van der Waals surface area (Å²) < 4.78 is 7.33. The Labute approximate surface area is 79.7 Å². The molecule has 0 unspecified atom stereocenters. The molecule has 0 atom stereocenters. The summed E-state index contributed by atoms with van der Waals surface area (Å²) in [4.78, 5) is 0. The number of ether oxygens (including phenoxy) is 1. The highest BCUT2D eigenvalue weighted by Gasteiger charge is 1.94. The zero-order valence-corrected chi connectivity index (χ0v) is 8.42. The lowest BCUT2D eigenvalue weighted by molar-refractivity contribution is 0.0880. The van der Waals surface area contributed by atoms with Gasteiger partial charge in [-0.25, -0.2) is 0 Å². The Balaban J connectivity index is 2.34. The first kappa shape index (κ1) is 10.3. The van der Waals surface area contributed by atoms with Crippen LogP contribution >= 0.6 is 0 Å². The molecule has 0 aromatic carbocycles. The molecule has 0 amide bonds. The lowest BCUT2D eigenvalue weighted by Crippen LogP contribution is -2.11. The highest BCUT2D eigenvalue weighted by molar-refractivity contribution is 5.09. The smallest absolute Gasteiger partial charge is 0.122 e. The van der Waals surface area contributed by atoms with Crippen molar-refractivity contribution in [3.63, 3.8) is 0 Å². The number of nitrogens with one attached hydrogen (secondary N) is 1. The minimum Gasteiger partial charge on any atom is -0.361 e. The summed E-state index contributed by atoms with van der Waals surface area (Å²) in [5, 5.41) is 3.28. The van der Waals surface area contributed by atoms with Crippen LogP contribution in [0, 0.1) is 0 Å². The summed E-state index contributed by atoms with van der Waals surface area (Å²) in [5.74, 6) is 0. The second-order valence-corrected chi connectivity index (χ2v) is 2.94. The molecule has 3 heteroatoms. The standard InChI is InChI=1S/C10H18N2O/c1-3-11-7-10-5-6-12(8-10)9-13-4-2/h5-6,8,11H,3-4,7,9H2,1-2H3. The van der Waals surface area contributed by atoms with Crippen molar-refractivity contribution in [2.45, 2.75) is 27.1 Å². The molecular formula is C10H18N2O. The third-order valence-electron chi connectivity index (χ3n) is 1.84. The molecule has 0 bridgehead atoms. The van der Waals surface area contributed by atoms with Gasteiger partial charge in [-0.05, 0) is 25.1 Å². The van der Waals surface area contributed by atoms with E-state index in [0.717, 1.165) is 19.7 Å². The van der Waals surface area contributed by atoms with E-state index in [9.17, 15) is 0 Å². The predicted molar refractivity (Wildman–Crippen MR) is 53.4 cm³/mol. The molecule has 1 heterocycles. The molecular weight excluding hydrogens is 164 g/mol. The molecule has 0 aliphatic rings. The van der Waals surface area contributed by atoms with Gasteiger partial charge in [-0.1, -0.05) is 6.92 Å². The average molecular weight is 182 g/mol. The van der Waals surface area contributed by atoms with E-state index < -0.39 is 0 Å². The SMILES string of the molecule is CCNCc1ccn(COCC)c1. The number of aromatic nitrogens is 1. The molecule has 0 saturated heterocycles. The third kappa shape index (κ3) is 3.61. The number of nitrogens with zero attached hydrogens (tertiary/aromatic N) is 1. The lowest BCUT2D eigenvalue weighted by atomic mass is 10.3. The van der Waals surface area contributed by atoms with Crippen molar-refractivity contribution in [2.24, 2.45) is 0 Å². The van der Waals surface area contributed by atoms with E-state index in [2.05, 4.69) is 29.1 Å². The fourth-order valence-corrected chi connectivity index (χ4v) is 1.14. The van der Waals surface area contributed by atoms with Crippen LogP contribution in [0.4, 0.5) is 0 Å². The number of rotatable bonds is 6. The van der Waals surface area contributed by atoms with Gasteiger partial charge in [0.05, 0.1) is 0 Å². The van der Waals surface area contributed by atoms with Gasteiger partial charge in [0.1, 0.15) is 6.73 Å². The Morgan fingerprint density at radius 3 is 3.00 bits per heavy atom. The molecule has 1 aromatic heterocycles. The molecule has 0 fully saturated rings. The van der Waals surface area contributed by atoms with Gasteiger partial charge in [0.2, 0.25) is 0 Å². The normalized spacial score (nSPS) is 10.6. The van der Waals surface area contributed by atoms with Gasteiger partial charge in [-0.15, -0.1) is 0 Å². The van der Waals surface area contributed by atoms with Crippen molar-refractivity contribution in [1.82, 2.24) is 9.88 Å². The summed E-state index contributed by atoms with van der Waals surface area (Å²) in [6, 6.07) is 2.11. The maximum absolute atomic E-state index is 5.28. The van der Waals surface area contributed by atoms with Crippen molar-refractivity contribution in [2.75, 3.05) is 13.2 Å². The van der Waals surface area contributed by atoms with Gasteiger partial charge < -0.3 is 14.6 Å². The monoisotopic (exact) mass is 182 g/mol. The Bertz CT molecular complexity index is 210. The second-order valence-electron chi connectivity index (χ2n) is 2.94. The summed E-state index contributed by atoms with van der Waals surface area (Å²) in [6.45, 7) is 7.48. The Hall–Kier alpha value is -0.800. The minimum absolute atomic E-state index is 0.655. The van der Waals surface area contributed by atoms with Crippen LogP contribution in [-0.4, -0.2) is 17.7 Å². The van der Waals surface area contributed by atoms with Crippen molar-refractivity contribution in [1.29, 1.82) is 0 Å². The second kappa shape index (κ2) is 5.78. The van der Waals surface area contributed by atoms with Gasteiger partial charge in [0.15, 0.2) is 0 Å². The highest BCUT2D eigenvalue weighted by Crippen LogP contribution is 2.00. The van der Waals surface area contributed by atoms with E-state index in [1.807, 2.05) is 13.1 Å². The average Bonchev–Trinajstić information content (AvgIpc) is 2.59. The minimum atomic E-state index is 0.655. The zero-order valence-electron chi connectivity index (χ0n) is 8.42. The maximum atomic E-state index is 5.28. The fraction of sp³-hybridized carbons (Fsp3) is 0.600. The van der Waals surface area contributed by atoms with Crippen LogP contribution in [0.3, 0.4) is 0 Å². The molecule has 0 saturated carbocycles. The van der Waals surface area contributed by atoms with Gasteiger partial charge in [-0.3, -0.25) is 0 Å². The quantitative estimate of drug-likeness (QED) is 0.723. The van der Waals surface area contributed by atoms with Gasteiger partial charge in [0.25, 0.3) is 0 Å². The molecule has 0 aliphatic heterocycles. The molecule has 1 aromatic rings. The number of hydrogen-bond acceptors (Lipinski definition) is 2. The van der Waals surface area contributed by atoms with Gasteiger partial charge in [-0.2, -0.15) is 0 Å². The van der Waals surface area contributed by atoms with E-state index >= 15 is 0 Å². The summed E-state index contributed by atoms with van der Waals surface area (Å²) >= 11 is 0. The van der Waals surface area contributed by atoms with Gasteiger partial charge in [0, 0.05) is 25.5 Å². The first-order valence-corrected chi connectivity index (χ1v) is 4.80. The van der Waals surface area contributed by atoms with Crippen molar-refractivity contribution >= 4 is 0 Å². The van der Waals surface area contributed by atoms with E-state index in [0.29, 0.717) is 6.73 Å². The van der Waals surface area contributed by atoms with Crippen molar-refractivity contribution in [3.05, 3.63) is 24.0 Å². The first-order chi connectivity index (χ1) is 6.36. The molecule has 0 radical (unpaired) electrons. The van der Waals surface area contributed by atoms with E-state index in [4.69, 9.17) is 4.74 Å². The third-order valence-corrected chi connectivity index (χ3v) is 1.84.